The number of methoxy groups -OCH3 is 2. The topological polar surface area (TPSA) is 95.9 Å². The maximum absolute atomic E-state index is 11.5. The van der Waals surface area contributed by atoms with Gasteiger partial charge in [-0.3, -0.25) is 10.2 Å². The Labute approximate surface area is 121 Å². The van der Waals surface area contributed by atoms with E-state index in [1.807, 2.05) is 5.43 Å². The molecule has 0 unspecified atom stereocenters. The summed E-state index contributed by atoms with van der Waals surface area (Å²) in [7, 11) is 3.07. The Balaban J connectivity index is 2.21. The molecule has 0 atom stereocenters. The maximum Gasteiger partial charge on any atom is 0.301 e. The number of carbonyl (C=O) groups excluding carboxylic acids is 1. The lowest BCUT2D eigenvalue weighted by molar-refractivity contribution is 0.0922. The monoisotopic (exact) mass is 292 g/mol. The van der Waals surface area contributed by atoms with Gasteiger partial charge in [-0.25, -0.2) is 5.84 Å². The van der Waals surface area contributed by atoms with Crippen molar-refractivity contribution in [3.05, 3.63) is 41.9 Å². The molecule has 0 bridgehead atoms. The van der Waals surface area contributed by atoms with E-state index in [2.05, 4.69) is 0 Å². The molecule has 0 aliphatic carbocycles. The summed E-state index contributed by atoms with van der Waals surface area (Å²) in [6.07, 6.45) is 1.39. The van der Waals surface area contributed by atoms with Gasteiger partial charge in [0, 0.05) is 5.56 Å². The van der Waals surface area contributed by atoms with Gasteiger partial charge in [0.1, 0.15) is 6.61 Å². The number of hydrogen-bond donors (Lipinski definition) is 2. The van der Waals surface area contributed by atoms with E-state index in [1.165, 1.54) is 20.5 Å². The van der Waals surface area contributed by atoms with E-state index >= 15 is 0 Å². The third-order valence-electron chi connectivity index (χ3n) is 2.84. The SMILES string of the molecule is COc1cccc(OC)c1OCc1ccoc1C(=O)NN. The Morgan fingerprint density at radius 3 is 2.48 bits per heavy atom. The zero-order valence-corrected chi connectivity index (χ0v) is 11.7. The fraction of sp³-hybridized carbons (Fsp3) is 0.214. The molecule has 0 saturated heterocycles. The van der Waals surface area contributed by atoms with Crippen molar-refractivity contribution < 1.29 is 23.4 Å². The van der Waals surface area contributed by atoms with Gasteiger partial charge in [-0.1, -0.05) is 6.07 Å². The predicted octanol–water partition coefficient (Wildman–Crippen LogP) is 1.48. The number of rotatable bonds is 6. The van der Waals surface area contributed by atoms with Crippen LogP contribution in [0.4, 0.5) is 0 Å². The van der Waals surface area contributed by atoms with Crippen LogP contribution in [0, 0.1) is 0 Å². The van der Waals surface area contributed by atoms with Crippen molar-refractivity contribution in [3.8, 4) is 17.2 Å². The first-order chi connectivity index (χ1) is 10.2. The number of nitrogens with two attached hydrogens (primary N) is 1. The van der Waals surface area contributed by atoms with Crippen LogP contribution in [0.25, 0.3) is 0 Å². The minimum Gasteiger partial charge on any atom is -0.493 e. The van der Waals surface area contributed by atoms with Crippen molar-refractivity contribution in [2.24, 2.45) is 5.84 Å². The van der Waals surface area contributed by atoms with Crippen LogP contribution in [0.5, 0.6) is 17.2 Å². The van der Waals surface area contributed by atoms with Crippen molar-refractivity contribution in [2.45, 2.75) is 6.61 Å². The molecular weight excluding hydrogens is 276 g/mol. The molecule has 2 aromatic rings. The largest absolute Gasteiger partial charge is 0.493 e. The fourth-order valence-electron chi connectivity index (χ4n) is 1.82. The second-order valence-electron chi connectivity index (χ2n) is 4.03. The summed E-state index contributed by atoms with van der Waals surface area (Å²) in [6, 6.07) is 6.92. The highest BCUT2D eigenvalue weighted by Crippen LogP contribution is 2.37. The van der Waals surface area contributed by atoms with Crippen LogP contribution in [0.2, 0.25) is 0 Å². The van der Waals surface area contributed by atoms with E-state index in [4.69, 9.17) is 24.5 Å². The van der Waals surface area contributed by atoms with Gasteiger partial charge < -0.3 is 18.6 Å². The molecule has 0 aliphatic heterocycles. The molecule has 7 heteroatoms. The smallest absolute Gasteiger partial charge is 0.301 e. The number of nitrogen functional groups attached to an aromatic ring is 1. The summed E-state index contributed by atoms with van der Waals surface area (Å²) in [5, 5.41) is 0. The number of benzene rings is 1. The number of nitrogens with one attached hydrogen (secondary N) is 1. The summed E-state index contributed by atoms with van der Waals surface area (Å²) in [6.45, 7) is 0.107. The number of carbonyl (C=O) groups is 1. The second kappa shape index (κ2) is 6.67. The van der Waals surface area contributed by atoms with E-state index in [0.717, 1.165) is 0 Å². The fourth-order valence-corrected chi connectivity index (χ4v) is 1.82. The molecule has 0 fully saturated rings. The predicted molar refractivity (Wildman–Crippen MR) is 74.2 cm³/mol. The summed E-state index contributed by atoms with van der Waals surface area (Å²) >= 11 is 0. The molecule has 21 heavy (non-hydrogen) atoms. The summed E-state index contributed by atoms with van der Waals surface area (Å²) < 4.78 is 21.2. The lowest BCUT2D eigenvalue weighted by Gasteiger charge is -2.13. The number of hydrazine groups is 1. The number of amides is 1. The lowest BCUT2D eigenvalue weighted by Crippen LogP contribution is -2.30. The van der Waals surface area contributed by atoms with E-state index in [1.54, 1.807) is 24.3 Å². The molecule has 7 nitrogen and oxygen atoms in total. The molecule has 1 aromatic carbocycles. The molecule has 0 radical (unpaired) electrons. The molecule has 1 heterocycles. The zero-order valence-electron chi connectivity index (χ0n) is 11.7. The van der Waals surface area contributed by atoms with Crippen LogP contribution >= 0.6 is 0 Å². The molecule has 1 aromatic heterocycles. The number of ether oxygens (including phenoxy) is 3. The summed E-state index contributed by atoms with van der Waals surface area (Å²) in [5.41, 5.74) is 2.57. The van der Waals surface area contributed by atoms with Gasteiger partial charge in [0.15, 0.2) is 17.3 Å². The quantitative estimate of drug-likeness (QED) is 0.475. The van der Waals surface area contributed by atoms with Gasteiger partial charge in [-0.15, -0.1) is 0 Å². The molecule has 0 aliphatic rings. The average molecular weight is 292 g/mol. The number of hydrogen-bond acceptors (Lipinski definition) is 6. The second-order valence-corrected chi connectivity index (χ2v) is 4.03. The van der Waals surface area contributed by atoms with Crippen LogP contribution in [-0.4, -0.2) is 20.1 Å². The van der Waals surface area contributed by atoms with E-state index in [0.29, 0.717) is 22.8 Å². The first-order valence-corrected chi connectivity index (χ1v) is 6.12. The standard InChI is InChI=1S/C14H16N2O5/c1-18-10-4-3-5-11(19-2)13(10)21-8-9-6-7-20-12(9)14(17)16-15/h3-7H,8,15H2,1-2H3,(H,16,17). The average Bonchev–Trinajstić information content (AvgIpc) is 3.00. The number of para-hydroxylation sites is 1. The van der Waals surface area contributed by atoms with Gasteiger partial charge >= 0.3 is 5.91 Å². The third kappa shape index (κ3) is 3.09. The van der Waals surface area contributed by atoms with Gasteiger partial charge in [-0.05, 0) is 18.2 Å². The molecule has 2 rings (SSSR count). The normalized spacial score (nSPS) is 10.0. The first-order valence-electron chi connectivity index (χ1n) is 6.12. The highest BCUT2D eigenvalue weighted by atomic mass is 16.5. The Morgan fingerprint density at radius 2 is 1.90 bits per heavy atom. The summed E-state index contributed by atoms with van der Waals surface area (Å²) in [5.74, 6) is 6.18. The minimum atomic E-state index is -0.523. The third-order valence-corrected chi connectivity index (χ3v) is 2.84. The summed E-state index contributed by atoms with van der Waals surface area (Å²) in [4.78, 5) is 11.5. The van der Waals surface area contributed by atoms with E-state index < -0.39 is 5.91 Å². The maximum atomic E-state index is 11.5. The highest BCUT2D eigenvalue weighted by Gasteiger charge is 2.17. The Morgan fingerprint density at radius 1 is 1.24 bits per heavy atom. The van der Waals surface area contributed by atoms with Crippen molar-refractivity contribution >= 4 is 5.91 Å². The molecule has 112 valence electrons. The van der Waals surface area contributed by atoms with Crippen LogP contribution in [-0.2, 0) is 6.61 Å². The van der Waals surface area contributed by atoms with Gasteiger partial charge in [0.2, 0.25) is 5.75 Å². The minimum absolute atomic E-state index is 0.103. The van der Waals surface area contributed by atoms with Crippen LogP contribution in [0.3, 0.4) is 0 Å². The molecule has 0 saturated carbocycles. The van der Waals surface area contributed by atoms with Crippen LogP contribution in [0.1, 0.15) is 16.1 Å². The van der Waals surface area contributed by atoms with Gasteiger partial charge in [0.25, 0.3) is 0 Å². The van der Waals surface area contributed by atoms with Crippen LogP contribution < -0.4 is 25.5 Å². The Hall–Kier alpha value is -2.67. The molecular formula is C14H16N2O5. The lowest BCUT2D eigenvalue weighted by atomic mass is 10.2. The van der Waals surface area contributed by atoms with Crippen LogP contribution in [0.15, 0.2) is 34.9 Å². The Kier molecular flexibility index (Phi) is 4.68. The molecule has 0 spiro atoms. The number of furan rings is 1. The zero-order chi connectivity index (χ0) is 15.2. The molecule has 3 N–H and O–H groups in total. The van der Waals surface area contributed by atoms with E-state index in [-0.39, 0.29) is 12.4 Å². The van der Waals surface area contributed by atoms with Crippen molar-refractivity contribution in [1.82, 2.24) is 5.43 Å². The van der Waals surface area contributed by atoms with E-state index in [9.17, 15) is 4.79 Å². The van der Waals surface area contributed by atoms with Crippen molar-refractivity contribution in [2.75, 3.05) is 14.2 Å². The van der Waals surface area contributed by atoms with Gasteiger partial charge in [0.05, 0.1) is 20.5 Å². The van der Waals surface area contributed by atoms with Crippen molar-refractivity contribution in [3.63, 3.8) is 0 Å². The van der Waals surface area contributed by atoms with Crippen molar-refractivity contribution in [1.29, 1.82) is 0 Å². The van der Waals surface area contributed by atoms with Gasteiger partial charge in [-0.2, -0.15) is 0 Å². The molecule has 1 amide bonds. The first kappa shape index (κ1) is 14.7. The highest BCUT2D eigenvalue weighted by molar-refractivity contribution is 5.92. The Bertz CT molecular complexity index is 601.